The first-order chi connectivity index (χ1) is 9.20. The van der Waals surface area contributed by atoms with Crippen molar-refractivity contribution in [3.8, 4) is 0 Å². The van der Waals surface area contributed by atoms with Gasteiger partial charge in [0.25, 0.3) is 5.91 Å². The third kappa shape index (κ3) is 3.41. The van der Waals surface area contributed by atoms with Gasteiger partial charge in [0.1, 0.15) is 23.7 Å². The molecule has 0 aliphatic carbocycles. The first-order valence-electron chi connectivity index (χ1n) is 5.73. The first-order valence-corrected chi connectivity index (χ1v) is 6.11. The topological polar surface area (TPSA) is 95.6 Å². The molecule has 0 saturated heterocycles. The Hall–Kier alpha value is -2.15. The molecule has 0 atom stereocenters. The van der Waals surface area contributed by atoms with Crippen molar-refractivity contribution in [3.05, 3.63) is 35.0 Å². The number of carbonyl (C=O) groups is 1. The molecule has 1 amide bonds. The standard InChI is InChI=1S/C11H13ClN6O/c1-2-13-8-4-3-7(12)10(17-8)11(19)14-5-9-15-6-16-18-9/h3-4,6H,2,5H2,1H3,(H,13,17)(H,14,19)(H,15,16,18). The molecule has 8 heteroatoms. The second-order valence-electron chi connectivity index (χ2n) is 3.67. The molecule has 100 valence electrons. The Bertz CT molecular complexity index is 556. The highest BCUT2D eigenvalue weighted by atomic mass is 35.5. The van der Waals surface area contributed by atoms with E-state index < -0.39 is 0 Å². The van der Waals surface area contributed by atoms with Crippen LogP contribution in [0, 0.1) is 0 Å². The number of hydrogen-bond acceptors (Lipinski definition) is 5. The Morgan fingerprint density at radius 2 is 2.32 bits per heavy atom. The van der Waals surface area contributed by atoms with E-state index in [9.17, 15) is 4.79 Å². The number of amides is 1. The molecule has 2 aromatic rings. The molecule has 0 saturated carbocycles. The van der Waals surface area contributed by atoms with Crippen LogP contribution < -0.4 is 10.6 Å². The largest absolute Gasteiger partial charge is 0.370 e. The molecule has 7 nitrogen and oxygen atoms in total. The molecule has 0 aliphatic rings. The number of pyridine rings is 1. The second kappa shape index (κ2) is 6.14. The number of aromatic amines is 1. The molecule has 0 aromatic carbocycles. The van der Waals surface area contributed by atoms with Gasteiger partial charge >= 0.3 is 0 Å². The Morgan fingerprint density at radius 1 is 1.47 bits per heavy atom. The monoisotopic (exact) mass is 280 g/mol. The number of hydrogen-bond donors (Lipinski definition) is 3. The first kappa shape index (κ1) is 13.3. The SMILES string of the molecule is CCNc1ccc(Cl)c(C(=O)NCc2ncn[nH]2)n1. The van der Waals surface area contributed by atoms with E-state index in [-0.39, 0.29) is 18.1 Å². The summed E-state index contributed by atoms with van der Waals surface area (Å²) < 4.78 is 0. The Kier molecular flexibility index (Phi) is 4.30. The smallest absolute Gasteiger partial charge is 0.271 e. The summed E-state index contributed by atoms with van der Waals surface area (Å²) in [5, 5.41) is 12.3. The molecule has 0 unspecified atom stereocenters. The number of rotatable bonds is 5. The van der Waals surface area contributed by atoms with Crippen LogP contribution >= 0.6 is 11.6 Å². The van der Waals surface area contributed by atoms with Crippen molar-refractivity contribution in [2.75, 3.05) is 11.9 Å². The number of halogens is 1. The van der Waals surface area contributed by atoms with E-state index >= 15 is 0 Å². The maximum absolute atomic E-state index is 12.0. The van der Waals surface area contributed by atoms with Gasteiger partial charge in [-0.25, -0.2) is 9.97 Å². The van der Waals surface area contributed by atoms with Gasteiger partial charge in [-0.1, -0.05) is 11.6 Å². The average molecular weight is 281 g/mol. The van der Waals surface area contributed by atoms with Crippen LogP contribution in [0.25, 0.3) is 0 Å². The third-order valence-corrected chi connectivity index (χ3v) is 2.61. The molecule has 0 aliphatic heterocycles. The van der Waals surface area contributed by atoms with E-state index in [0.717, 1.165) is 0 Å². The molecular weight excluding hydrogens is 268 g/mol. The molecular formula is C11H13ClN6O. The molecule has 2 aromatic heterocycles. The lowest BCUT2D eigenvalue weighted by atomic mass is 10.3. The minimum atomic E-state index is -0.360. The quantitative estimate of drug-likeness (QED) is 0.765. The third-order valence-electron chi connectivity index (χ3n) is 2.30. The second-order valence-corrected chi connectivity index (χ2v) is 4.08. The van der Waals surface area contributed by atoms with E-state index in [0.29, 0.717) is 23.2 Å². The van der Waals surface area contributed by atoms with Crippen molar-refractivity contribution in [3.63, 3.8) is 0 Å². The van der Waals surface area contributed by atoms with E-state index in [4.69, 9.17) is 11.6 Å². The summed E-state index contributed by atoms with van der Waals surface area (Å²) in [7, 11) is 0. The molecule has 0 radical (unpaired) electrons. The van der Waals surface area contributed by atoms with Gasteiger partial charge in [0, 0.05) is 6.54 Å². The minimum Gasteiger partial charge on any atom is -0.370 e. The molecule has 0 bridgehead atoms. The summed E-state index contributed by atoms with van der Waals surface area (Å²) >= 11 is 5.96. The van der Waals surface area contributed by atoms with Gasteiger partial charge in [0.05, 0.1) is 11.6 Å². The fraction of sp³-hybridized carbons (Fsp3) is 0.273. The van der Waals surface area contributed by atoms with Gasteiger partial charge in [-0.3, -0.25) is 9.89 Å². The molecule has 2 rings (SSSR count). The maximum atomic E-state index is 12.0. The lowest BCUT2D eigenvalue weighted by molar-refractivity contribution is 0.0945. The van der Waals surface area contributed by atoms with Gasteiger partial charge in [-0.05, 0) is 19.1 Å². The van der Waals surface area contributed by atoms with E-state index in [2.05, 4.69) is 30.8 Å². The van der Waals surface area contributed by atoms with Crippen molar-refractivity contribution < 1.29 is 4.79 Å². The van der Waals surface area contributed by atoms with Crippen LogP contribution in [0.2, 0.25) is 5.02 Å². The van der Waals surface area contributed by atoms with E-state index in [1.165, 1.54) is 6.33 Å². The van der Waals surface area contributed by atoms with Gasteiger partial charge in [0.2, 0.25) is 0 Å². The number of anilines is 1. The molecule has 19 heavy (non-hydrogen) atoms. The fourth-order valence-electron chi connectivity index (χ4n) is 1.44. The van der Waals surface area contributed by atoms with Crippen LogP contribution in [0.3, 0.4) is 0 Å². The fourth-order valence-corrected chi connectivity index (χ4v) is 1.64. The predicted octanol–water partition coefficient (Wildman–Crippen LogP) is 1.21. The van der Waals surface area contributed by atoms with Crippen LogP contribution in [0.1, 0.15) is 23.2 Å². The number of aromatic nitrogens is 4. The van der Waals surface area contributed by atoms with Gasteiger partial charge in [-0.2, -0.15) is 5.10 Å². The zero-order chi connectivity index (χ0) is 13.7. The van der Waals surface area contributed by atoms with E-state index in [1.807, 2.05) is 6.92 Å². The maximum Gasteiger partial charge on any atom is 0.271 e. The van der Waals surface area contributed by atoms with E-state index in [1.54, 1.807) is 12.1 Å². The summed E-state index contributed by atoms with van der Waals surface area (Å²) in [5.74, 6) is 0.810. The lowest BCUT2D eigenvalue weighted by Gasteiger charge is -2.07. The molecule has 0 spiro atoms. The lowest BCUT2D eigenvalue weighted by Crippen LogP contribution is -2.25. The minimum absolute atomic E-state index is 0.180. The highest BCUT2D eigenvalue weighted by Gasteiger charge is 2.13. The van der Waals surface area contributed by atoms with Crippen molar-refractivity contribution in [1.29, 1.82) is 0 Å². The average Bonchev–Trinajstić information content (AvgIpc) is 2.92. The number of nitrogens with zero attached hydrogens (tertiary/aromatic N) is 3. The van der Waals surface area contributed by atoms with Crippen LogP contribution in [-0.2, 0) is 6.54 Å². The normalized spacial score (nSPS) is 10.2. The van der Waals surface area contributed by atoms with Crippen molar-refractivity contribution in [2.24, 2.45) is 0 Å². The van der Waals surface area contributed by atoms with Crippen LogP contribution in [0.5, 0.6) is 0 Å². The summed E-state index contributed by atoms with van der Waals surface area (Å²) in [5.41, 5.74) is 0.180. The van der Waals surface area contributed by atoms with Crippen molar-refractivity contribution in [1.82, 2.24) is 25.5 Å². The van der Waals surface area contributed by atoms with Crippen LogP contribution in [0.15, 0.2) is 18.5 Å². The number of nitrogens with one attached hydrogen (secondary N) is 3. The molecule has 0 fully saturated rings. The zero-order valence-corrected chi connectivity index (χ0v) is 11.0. The van der Waals surface area contributed by atoms with Gasteiger partial charge in [-0.15, -0.1) is 0 Å². The summed E-state index contributed by atoms with van der Waals surface area (Å²) in [6.07, 6.45) is 1.37. The summed E-state index contributed by atoms with van der Waals surface area (Å²) in [6.45, 7) is 2.90. The van der Waals surface area contributed by atoms with Crippen LogP contribution in [-0.4, -0.2) is 32.6 Å². The Balaban J connectivity index is 2.07. The van der Waals surface area contributed by atoms with Crippen LogP contribution in [0.4, 0.5) is 5.82 Å². The molecule has 2 heterocycles. The Labute approximate surface area is 114 Å². The van der Waals surface area contributed by atoms with Gasteiger partial charge < -0.3 is 10.6 Å². The summed E-state index contributed by atoms with van der Waals surface area (Å²) in [6, 6.07) is 3.36. The van der Waals surface area contributed by atoms with Crippen molar-refractivity contribution >= 4 is 23.3 Å². The van der Waals surface area contributed by atoms with Gasteiger partial charge in [0.15, 0.2) is 0 Å². The van der Waals surface area contributed by atoms with Crippen molar-refractivity contribution in [2.45, 2.75) is 13.5 Å². The Morgan fingerprint density at radius 3 is 3.00 bits per heavy atom. The zero-order valence-electron chi connectivity index (χ0n) is 10.3. The number of carbonyl (C=O) groups excluding carboxylic acids is 1. The highest BCUT2D eigenvalue weighted by molar-refractivity contribution is 6.33. The highest BCUT2D eigenvalue weighted by Crippen LogP contribution is 2.16. The number of H-pyrrole nitrogens is 1. The summed E-state index contributed by atoms with van der Waals surface area (Å²) in [4.78, 5) is 20.0. The predicted molar refractivity (Wildman–Crippen MR) is 71.0 cm³/mol. The molecule has 3 N–H and O–H groups in total.